The summed E-state index contributed by atoms with van der Waals surface area (Å²) in [5.74, 6) is -3.50. The number of benzene rings is 1. The van der Waals surface area contributed by atoms with Gasteiger partial charge in [0.2, 0.25) is 0 Å². The minimum atomic E-state index is -1.51. The summed E-state index contributed by atoms with van der Waals surface area (Å²) in [7, 11) is 0. The average Bonchev–Trinajstić information content (AvgIpc) is 2.31. The van der Waals surface area contributed by atoms with Crippen LogP contribution in [0.2, 0.25) is 5.02 Å². The van der Waals surface area contributed by atoms with E-state index in [4.69, 9.17) is 27.5 Å². The molecule has 102 valence electrons. The number of aliphatic carboxylic acids is 2. The molecule has 0 aliphatic heterocycles. The number of carboxylic acid groups (broad SMARTS) is 2. The van der Waals surface area contributed by atoms with Crippen molar-refractivity contribution in [2.24, 2.45) is 0 Å². The molecule has 1 amide bonds. The van der Waals surface area contributed by atoms with E-state index in [0.29, 0.717) is 0 Å². The summed E-state index contributed by atoms with van der Waals surface area (Å²) < 4.78 is 0. The first-order chi connectivity index (χ1) is 8.81. The van der Waals surface area contributed by atoms with Crippen molar-refractivity contribution in [3.8, 4) is 0 Å². The van der Waals surface area contributed by atoms with Crippen molar-refractivity contribution in [3.05, 3.63) is 28.8 Å². The third-order valence-corrected chi connectivity index (χ3v) is 2.58. The van der Waals surface area contributed by atoms with Gasteiger partial charge < -0.3 is 21.3 Å². The van der Waals surface area contributed by atoms with Crippen LogP contribution >= 0.6 is 11.6 Å². The molecule has 0 bridgehead atoms. The van der Waals surface area contributed by atoms with Gasteiger partial charge in [-0.25, -0.2) is 4.79 Å². The summed E-state index contributed by atoms with van der Waals surface area (Å²) >= 11 is 5.68. The van der Waals surface area contributed by atoms with E-state index in [1.165, 1.54) is 18.2 Å². The standard InChI is InChI=1S/C11H11ClN2O5/c12-6-2-1-5(3-7(6)13)10(17)14-8(11(18)19)4-9(15)16/h1-3,8H,4,13H2,(H,14,17)(H,15,16)(H,18,19). The van der Waals surface area contributed by atoms with E-state index in [9.17, 15) is 14.4 Å². The summed E-state index contributed by atoms with van der Waals surface area (Å²) in [6.07, 6.45) is -0.718. The third-order valence-electron chi connectivity index (χ3n) is 2.24. The van der Waals surface area contributed by atoms with Crippen LogP contribution in [0.5, 0.6) is 0 Å². The Morgan fingerprint density at radius 1 is 1.32 bits per heavy atom. The number of anilines is 1. The van der Waals surface area contributed by atoms with Gasteiger partial charge in [-0.1, -0.05) is 11.6 Å². The maximum atomic E-state index is 11.7. The predicted molar refractivity (Wildman–Crippen MR) is 67.0 cm³/mol. The molecule has 1 unspecified atom stereocenters. The van der Waals surface area contributed by atoms with Crippen LogP contribution in [0.3, 0.4) is 0 Å². The van der Waals surface area contributed by atoms with Crippen molar-refractivity contribution < 1.29 is 24.6 Å². The molecule has 1 aromatic carbocycles. The van der Waals surface area contributed by atoms with Crippen molar-refractivity contribution in [2.45, 2.75) is 12.5 Å². The zero-order valence-corrected chi connectivity index (χ0v) is 10.3. The average molecular weight is 287 g/mol. The Balaban J connectivity index is 2.84. The zero-order chi connectivity index (χ0) is 14.6. The van der Waals surface area contributed by atoms with E-state index in [0.717, 1.165) is 0 Å². The quantitative estimate of drug-likeness (QED) is 0.586. The van der Waals surface area contributed by atoms with Gasteiger partial charge in [0.05, 0.1) is 17.1 Å². The van der Waals surface area contributed by atoms with E-state index in [1.807, 2.05) is 0 Å². The molecule has 0 fully saturated rings. The molecule has 7 nitrogen and oxygen atoms in total. The van der Waals surface area contributed by atoms with Crippen molar-refractivity contribution in [1.82, 2.24) is 5.32 Å². The summed E-state index contributed by atoms with van der Waals surface area (Å²) in [5.41, 5.74) is 5.77. The second-order valence-corrected chi connectivity index (χ2v) is 4.11. The molecule has 5 N–H and O–H groups in total. The minimum Gasteiger partial charge on any atom is -0.481 e. The number of carbonyl (C=O) groups excluding carboxylic acids is 1. The van der Waals surface area contributed by atoms with Crippen LogP contribution in [0.15, 0.2) is 18.2 Å². The fourth-order valence-corrected chi connectivity index (χ4v) is 1.42. The topological polar surface area (TPSA) is 130 Å². The van der Waals surface area contributed by atoms with E-state index in [-0.39, 0.29) is 16.3 Å². The van der Waals surface area contributed by atoms with Crippen molar-refractivity contribution in [1.29, 1.82) is 0 Å². The van der Waals surface area contributed by atoms with E-state index >= 15 is 0 Å². The number of carbonyl (C=O) groups is 3. The van der Waals surface area contributed by atoms with Crippen LogP contribution in [0, 0.1) is 0 Å². The number of rotatable bonds is 5. The maximum absolute atomic E-state index is 11.7. The van der Waals surface area contributed by atoms with E-state index < -0.39 is 30.3 Å². The molecule has 0 aliphatic carbocycles. The molecule has 1 aromatic rings. The maximum Gasteiger partial charge on any atom is 0.326 e. The number of carboxylic acids is 2. The van der Waals surface area contributed by atoms with Crippen molar-refractivity contribution >= 4 is 35.1 Å². The van der Waals surface area contributed by atoms with Gasteiger partial charge in [0.25, 0.3) is 5.91 Å². The van der Waals surface area contributed by atoms with Gasteiger partial charge in [-0.05, 0) is 18.2 Å². The predicted octanol–water partition coefficient (Wildman–Crippen LogP) is 0.580. The Bertz CT molecular complexity index is 532. The van der Waals surface area contributed by atoms with Crippen LogP contribution in [0.25, 0.3) is 0 Å². The molecule has 19 heavy (non-hydrogen) atoms. The molecular weight excluding hydrogens is 276 g/mol. The highest BCUT2D eigenvalue weighted by atomic mass is 35.5. The summed E-state index contributed by atoms with van der Waals surface area (Å²) in [5, 5.41) is 19.7. The number of amides is 1. The Hall–Kier alpha value is -2.28. The van der Waals surface area contributed by atoms with E-state index in [2.05, 4.69) is 5.32 Å². The largest absolute Gasteiger partial charge is 0.481 e. The normalized spacial score (nSPS) is 11.6. The van der Waals surface area contributed by atoms with Crippen LogP contribution in [-0.2, 0) is 9.59 Å². The molecule has 1 atom stereocenters. The molecule has 0 aliphatic rings. The Morgan fingerprint density at radius 2 is 1.95 bits per heavy atom. The minimum absolute atomic E-state index is 0.0959. The number of nitrogens with one attached hydrogen (secondary N) is 1. The lowest BCUT2D eigenvalue weighted by atomic mass is 10.1. The number of halogens is 1. The van der Waals surface area contributed by atoms with E-state index in [1.54, 1.807) is 0 Å². The van der Waals surface area contributed by atoms with Crippen LogP contribution < -0.4 is 11.1 Å². The smallest absolute Gasteiger partial charge is 0.326 e. The highest BCUT2D eigenvalue weighted by molar-refractivity contribution is 6.33. The molecule has 0 saturated heterocycles. The lowest BCUT2D eigenvalue weighted by Crippen LogP contribution is -2.42. The van der Waals surface area contributed by atoms with Crippen LogP contribution in [0.1, 0.15) is 16.8 Å². The SMILES string of the molecule is Nc1cc(C(=O)NC(CC(=O)O)C(=O)O)ccc1Cl. The molecule has 8 heteroatoms. The molecule has 1 rings (SSSR count). The highest BCUT2D eigenvalue weighted by Crippen LogP contribution is 2.19. The molecule has 0 spiro atoms. The van der Waals surface area contributed by atoms with Gasteiger partial charge in [-0.15, -0.1) is 0 Å². The second kappa shape index (κ2) is 6.05. The number of nitrogen functional groups attached to an aromatic ring is 1. The van der Waals surface area contributed by atoms with Crippen LogP contribution in [-0.4, -0.2) is 34.1 Å². The summed E-state index contributed by atoms with van der Waals surface area (Å²) in [4.78, 5) is 33.0. The van der Waals surface area contributed by atoms with Crippen LogP contribution in [0.4, 0.5) is 5.69 Å². The Kier molecular flexibility index (Phi) is 4.71. The monoisotopic (exact) mass is 286 g/mol. The van der Waals surface area contributed by atoms with Gasteiger partial charge in [0.15, 0.2) is 0 Å². The molecule has 0 heterocycles. The number of hydrogen-bond acceptors (Lipinski definition) is 4. The summed E-state index contributed by atoms with van der Waals surface area (Å²) in [6, 6.07) is 2.51. The van der Waals surface area contributed by atoms with Gasteiger partial charge in [0.1, 0.15) is 6.04 Å². The second-order valence-electron chi connectivity index (χ2n) is 3.70. The first kappa shape index (κ1) is 14.8. The van der Waals surface area contributed by atoms with Crippen molar-refractivity contribution in [2.75, 3.05) is 5.73 Å². The lowest BCUT2D eigenvalue weighted by molar-refractivity contribution is -0.145. The van der Waals surface area contributed by atoms with Gasteiger partial charge in [-0.3, -0.25) is 9.59 Å². The first-order valence-electron chi connectivity index (χ1n) is 5.11. The molecule has 0 saturated carbocycles. The summed E-state index contributed by atoms with van der Waals surface area (Å²) in [6.45, 7) is 0. The first-order valence-corrected chi connectivity index (χ1v) is 5.49. The lowest BCUT2D eigenvalue weighted by Gasteiger charge is -2.12. The third kappa shape index (κ3) is 4.14. The molecule has 0 radical (unpaired) electrons. The Morgan fingerprint density at radius 3 is 2.42 bits per heavy atom. The number of hydrogen-bond donors (Lipinski definition) is 4. The van der Waals surface area contributed by atoms with Gasteiger partial charge in [-0.2, -0.15) is 0 Å². The number of nitrogens with two attached hydrogens (primary N) is 1. The fourth-order valence-electron chi connectivity index (χ4n) is 1.30. The Labute approximate surface area is 113 Å². The molecule has 0 aromatic heterocycles. The van der Waals surface area contributed by atoms with Gasteiger partial charge >= 0.3 is 11.9 Å². The molecular formula is C11H11ClN2O5. The van der Waals surface area contributed by atoms with Crippen molar-refractivity contribution in [3.63, 3.8) is 0 Å². The fraction of sp³-hybridized carbons (Fsp3) is 0.182. The highest BCUT2D eigenvalue weighted by Gasteiger charge is 2.23. The zero-order valence-electron chi connectivity index (χ0n) is 9.59. The van der Waals surface area contributed by atoms with Gasteiger partial charge in [0, 0.05) is 5.56 Å².